The molecule has 7 nitrogen and oxygen atoms in total. The molecular weight excluding hydrogens is 356 g/mol. The molecule has 0 saturated heterocycles. The van der Waals surface area contributed by atoms with Gasteiger partial charge in [-0.15, -0.1) is 0 Å². The summed E-state index contributed by atoms with van der Waals surface area (Å²) in [5.41, 5.74) is 9.52. The molecular formula is C21H24N4O3. The summed E-state index contributed by atoms with van der Waals surface area (Å²) < 4.78 is 11.0. The van der Waals surface area contributed by atoms with E-state index < -0.39 is 0 Å². The second-order valence-electron chi connectivity index (χ2n) is 7.03. The van der Waals surface area contributed by atoms with Crippen molar-refractivity contribution in [1.82, 2.24) is 15.4 Å². The molecule has 1 atom stereocenters. The van der Waals surface area contributed by atoms with Gasteiger partial charge in [0.15, 0.2) is 5.78 Å². The largest absolute Gasteiger partial charge is 0.481 e. The molecule has 28 heavy (non-hydrogen) atoms. The van der Waals surface area contributed by atoms with E-state index in [0.717, 1.165) is 29.7 Å². The number of aryl methyl sites for hydroxylation is 1. The fourth-order valence-electron chi connectivity index (χ4n) is 3.82. The Bertz CT molecular complexity index is 941. The number of ketones is 1. The predicted molar refractivity (Wildman–Crippen MR) is 105 cm³/mol. The van der Waals surface area contributed by atoms with Crippen LogP contribution in [0.5, 0.6) is 5.88 Å². The van der Waals surface area contributed by atoms with Gasteiger partial charge in [-0.3, -0.25) is 14.8 Å². The number of methoxy groups -OCH3 is 1. The van der Waals surface area contributed by atoms with Gasteiger partial charge in [0, 0.05) is 30.8 Å². The van der Waals surface area contributed by atoms with Crippen LogP contribution >= 0.6 is 0 Å². The van der Waals surface area contributed by atoms with Crippen molar-refractivity contribution >= 4 is 11.5 Å². The van der Waals surface area contributed by atoms with Crippen molar-refractivity contribution in [2.75, 3.05) is 25.3 Å². The molecule has 4 heterocycles. The van der Waals surface area contributed by atoms with Crippen LogP contribution in [-0.2, 0) is 4.74 Å². The molecule has 0 aliphatic carbocycles. The number of aromatic nitrogens is 2. The first kappa shape index (κ1) is 18.6. The lowest BCUT2D eigenvalue weighted by Gasteiger charge is -2.25. The number of carbonyl (C=O) groups excluding carboxylic acids is 1. The molecule has 0 saturated carbocycles. The van der Waals surface area contributed by atoms with Gasteiger partial charge in [0.1, 0.15) is 5.69 Å². The van der Waals surface area contributed by atoms with Crippen molar-refractivity contribution in [3.05, 3.63) is 58.7 Å². The third kappa shape index (κ3) is 3.39. The molecule has 0 spiro atoms. The molecule has 0 amide bonds. The van der Waals surface area contributed by atoms with Crippen molar-refractivity contribution in [2.45, 2.75) is 32.7 Å². The molecule has 2 aliphatic heterocycles. The van der Waals surface area contributed by atoms with Crippen LogP contribution < -0.4 is 15.2 Å². The molecule has 0 radical (unpaired) electrons. The Balaban J connectivity index is 1.74. The first-order chi connectivity index (χ1) is 13.6. The van der Waals surface area contributed by atoms with Crippen molar-refractivity contribution in [2.24, 2.45) is 0 Å². The van der Waals surface area contributed by atoms with Crippen LogP contribution in [-0.4, -0.2) is 36.1 Å². The van der Waals surface area contributed by atoms with Crippen LogP contribution in [0, 0.1) is 6.92 Å². The number of hydrazine groups is 1. The summed E-state index contributed by atoms with van der Waals surface area (Å²) in [5, 5.41) is 2.10. The molecule has 1 unspecified atom stereocenters. The molecule has 4 rings (SSSR count). The van der Waals surface area contributed by atoms with Gasteiger partial charge in [-0.05, 0) is 42.7 Å². The normalized spacial score (nSPS) is 19.4. The molecule has 2 aliphatic rings. The summed E-state index contributed by atoms with van der Waals surface area (Å²) >= 11 is 0. The maximum absolute atomic E-state index is 11.8. The van der Waals surface area contributed by atoms with E-state index in [9.17, 15) is 4.79 Å². The lowest BCUT2D eigenvalue weighted by Crippen LogP contribution is -2.34. The van der Waals surface area contributed by atoms with Crippen molar-refractivity contribution in [3.8, 4) is 5.88 Å². The van der Waals surface area contributed by atoms with Crippen LogP contribution in [0.2, 0.25) is 0 Å². The predicted octanol–water partition coefficient (Wildman–Crippen LogP) is 3.13. The summed E-state index contributed by atoms with van der Waals surface area (Å²) in [6.45, 7) is 4.89. The molecule has 0 aromatic carbocycles. The quantitative estimate of drug-likeness (QED) is 0.817. The molecule has 2 aromatic rings. The zero-order chi connectivity index (χ0) is 19.7. The Kier molecular flexibility index (Phi) is 5.11. The lowest BCUT2D eigenvalue weighted by molar-refractivity contribution is 0.101. The van der Waals surface area contributed by atoms with Gasteiger partial charge in [0.25, 0.3) is 0 Å². The summed E-state index contributed by atoms with van der Waals surface area (Å²) in [7, 11) is 1.62. The highest BCUT2D eigenvalue weighted by Gasteiger charge is 2.34. The maximum atomic E-state index is 11.8. The summed E-state index contributed by atoms with van der Waals surface area (Å²) in [6.07, 6.45) is 5.16. The monoisotopic (exact) mass is 380 g/mol. The second-order valence-corrected chi connectivity index (χ2v) is 7.03. The zero-order valence-corrected chi connectivity index (χ0v) is 16.4. The Labute approximate surface area is 164 Å². The summed E-state index contributed by atoms with van der Waals surface area (Å²) in [5.74, 6) is 0.586. The van der Waals surface area contributed by atoms with Crippen LogP contribution in [0.1, 0.15) is 47.4 Å². The van der Waals surface area contributed by atoms with E-state index in [1.807, 2.05) is 25.3 Å². The number of ether oxygens (including phenoxy) is 2. The smallest absolute Gasteiger partial charge is 0.216 e. The van der Waals surface area contributed by atoms with Crippen LogP contribution in [0.4, 0.5) is 5.69 Å². The van der Waals surface area contributed by atoms with Crippen molar-refractivity contribution < 1.29 is 14.3 Å². The molecule has 0 fully saturated rings. The first-order valence-electron chi connectivity index (χ1n) is 9.42. The Morgan fingerprint density at radius 2 is 2.11 bits per heavy atom. The number of nitrogens with zero attached hydrogens (tertiary/aromatic N) is 3. The standard InChI is InChI=1S/C21H24N4O3/c1-13-10-16(12-23-21(13)27-3)25-19-6-9-28-8-5-17(19)20(24-25)15-4-7-22-18(11-15)14(2)26/h4,7,10-12,20,24H,5-6,8-9H2,1-3H3. The maximum Gasteiger partial charge on any atom is 0.216 e. The zero-order valence-electron chi connectivity index (χ0n) is 16.4. The minimum absolute atomic E-state index is 0.0276. The highest BCUT2D eigenvalue weighted by Crippen LogP contribution is 2.39. The Morgan fingerprint density at radius 3 is 2.86 bits per heavy atom. The van der Waals surface area contributed by atoms with Gasteiger partial charge in [-0.1, -0.05) is 0 Å². The number of hydrogen-bond acceptors (Lipinski definition) is 7. The third-order valence-corrected chi connectivity index (χ3v) is 5.19. The molecule has 1 N–H and O–H groups in total. The van der Waals surface area contributed by atoms with Crippen molar-refractivity contribution in [1.29, 1.82) is 0 Å². The Hall–Kier alpha value is -2.77. The van der Waals surface area contributed by atoms with Crippen LogP contribution in [0.25, 0.3) is 0 Å². The van der Waals surface area contributed by atoms with E-state index in [4.69, 9.17) is 9.47 Å². The third-order valence-electron chi connectivity index (χ3n) is 5.19. The summed E-state index contributed by atoms with van der Waals surface area (Å²) in [6, 6.07) is 5.87. The fraction of sp³-hybridized carbons (Fsp3) is 0.381. The van der Waals surface area contributed by atoms with E-state index >= 15 is 0 Å². The number of hydrogen-bond donors (Lipinski definition) is 1. The average Bonchev–Trinajstić information content (AvgIpc) is 2.89. The van der Waals surface area contributed by atoms with E-state index in [-0.39, 0.29) is 11.8 Å². The van der Waals surface area contributed by atoms with Gasteiger partial charge >= 0.3 is 0 Å². The molecule has 7 heteroatoms. The summed E-state index contributed by atoms with van der Waals surface area (Å²) in [4.78, 5) is 20.4. The van der Waals surface area contributed by atoms with E-state index in [2.05, 4.69) is 26.5 Å². The minimum Gasteiger partial charge on any atom is -0.481 e. The minimum atomic E-state index is -0.0370. The highest BCUT2D eigenvalue weighted by atomic mass is 16.5. The topological polar surface area (TPSA) is 76.6 Å². The average molecular weight is 380 g/mol. The number of anilines is 1. The second kappa shape index (κ2) is 7.69. The molecule has 0 bridgehead atoms. The van der Waals surface area contributed by atoms with Gasteiger partial charge in [-0.2, -0.15) is 0 Å². The van der Waals surface area contributed by atoms with Crippen LogP contribution in [0.3, 0.4) is 0 Å². The Morgan fingerprint density at radius 1 is 1.29 bits per heavy atom. The molecule has 146 valence electrons. The number of carbonyl (C=O) groups is 1. The highest BCUT2D eigenvalue weighted by molar-refractivity contribution is 5.92. The SMILES string of the molecule is COc1ncc(N2NC(c3ccnc(C(C)=O)c3)C3=C2CCOCC3)cc1C. The van der Waals surface area contributed by atoms with Gasteiger partial charge in [-0.25, -0.2) is 10.4 Å². The van der Waals surface area contributed by atoms with Gasteiger partial charge in [0.2, 0.25) is 5.88 Å². The number of Topliss-reactive ketones (excluding diaryl/α,β-unsaturated/α-hetero) is 1. The fourth-order valence-corrected chi connectivity index (χ4v) is 3.82. The van der Waals surface area contributed by atoms with E-state index in [0.29, 0.717) is 24.8 Å². The number of pyridine rings is 2. The number of rotatable bonds is 4. The van der Waals surface area contributed by atoms with Crippen LogP contribution in [0.15, 0.2) is 41.9 Å². The lowest BCUT2D eigenvalue weighted by atomic mass is 9.96. The first-order valence-corrected chi connectivity index (χ1v) is 9.42. The molecule has 2 aromatic heterocycles. The van der Waals surface area contributed by atoms with E-state index in [1.165, 1.54) is 18.2 Å². The number of nitrogens with one attached hydrogen (secondary N) is 1. The van der Waals surface area contributed by atoms with Crippen molar-refractivity contribution in [3.63, 3.8) is 0 Å². The van der Waals surface area contributed by atoms with E-state index in [1.54, 1.807) is 13.3 Å². The van der Waals surface area contributed by atoms with Gasteiger partial charge in [0.05, 0.1) is 38.2 Å². The van der Waals surface area contributed by atoms with Gasteiger partial charge < -0.3 is 9.47 Å².